The fraction of sp³-hybridized carbons (Fsp3) is 0.625. The highest BCUT2D eigenvalue weighted by atomic mass is 79.9. The number of hydrogen-bond donors (Lipinski definition) is 2. The fourth-order valence-corrected chi connectivity index (χ4v) is 3.27. The van der Waals surface area contributed by atoms with Crippen LogP contribution in [0.4, 0.5) is 5.69 Å². The zero-order valence-electron chi connectivity index (χ0n) is 12.4. The molecule has 4 heteroatoms. The Morgan fingerprint density at radius 3 is 2.60 bits per heavy atom. The minimum atomic E-state index is 0.328. The lowest BCUT2D eigenvalue weighted by Crippen LogP contribution is -2.34. The number of aliphatic hydroxyl groups is 1. The first-order chi connectivity index (χ1) is 9.60. The van der Waals surface area contributed by atoms with Crippen LogP contribution in [0.25, 0.3) is 0 Å². The number of aliphatic hydroxyl groups excluding tert-OH is 1. The number of nitrogens with one attached hydrogen (secondary N) is 1. The summed E-state index contributed by atoms with van der Waals surface area (Å²) in [6, 6.07) is 7.13. The molecule has 1 aromatic carbocycles. The smallest absolute Gasteiger partial charge is 0.0510 e. The van der Waals surface area contributed by atoms with Gasteiger partial charge in [-0.2, -0.15) is 0 Å². The van der Waals surface area contributed by atoms with Crippen molar-refractivity contribution in [1.29, 1.82) is 0 Å². The summed E-state index contributed by atoms with van der Waals surface area (Å²) < 4.78 is 1.17. The van der Waals surface area contributed by atoms with Gasteiger partial charge >= 0.3 is 0 Å². The Morgan fingerprint density at radius 1 is 1.35 bits per heavy atom. The average molecular weight is 341 g/mol. The molecule has 1 heterocycles. The van der Waals surface area contributed by atoms with Crippen LogP contribution in [0.5, 0.6) is 0 Å². The Balaban J connectivity index is 1.99. The molecule has 0 amide bonds. The molecule has 0 bridgehead atoms. The van der Waals surface area contributed by atoms with E-state index in [4.69, 9.17) is 0 Å². The van der Waals surface area contributed by atoms with Crippen molar-refractivity contribution in [3.8, 4) is 0 Å². The maximum atomic E-state index is 9.21. The molecule has 112 valence electrons. The van der Waals surface area contributed by atoms with E-state index >= 15 is 0 Å². The Kier molecular flexibility index (Phi) is 5.87. The standard InChI is InChI=1S/C16H25BrN2O/c1-12(2)18-10-14-3-4-16(15(17)9-14)19-7-5-13(11-20)6-8-19/h3-4,9,12-13,18,20H,5-8,10-11H2,1-2H3. The Morgan fingerprint density at radius 2 is 2.05 bits per heavy atom. The lowest BCUT2D eigenvalue weighted by molar-refractivity contribution is 0.203. The molecule has 0 spiro atoms. The number of anilines is 1. The van der Waals surface area contributed by atoms with Crippen LogP contribution < -0.4 is 10.2 Å². The third-order valence-corrected chi connectivity index (χ3v) is 4.58. The summed E-state index contributed by atoms with van der Waals surface area (Å²) in [6.07, 6.45) is 2.17. The second-order valence-electron chi connectivity index (χ2n) is 5.93. The highest BCUT2D eigenvalue weighted by Crippen LogP contribution is 2.30. The maximum Gasteiger partial charge on any atom is 0.0510 e. The number of nitrogens with zero attached hydrogens (tertiary/aromatic N) is 1. The Hall–Kier alpha value is -0.580. The van der Waals surface area contributed by atoms with Crippen molar-refractivity contribution in [1.82, 2.24) is 5.32 Å². The van der Waals surface area contributed by atoms with Crippen LogP contribution in [-0.2, 0) is 6.54 Å². The van der Waals surface area contributed by atoms with Crippen molar-refractivity contribution < 1.29 is 5.11 Å². The molecule has 1 aliphatic rings. The predicted octanol–water partition coefficient (Wildman–Crippen LogP) is 3.16. The molecule has 1 saturated heterocycles. The minimum Gasteiger partial charge on any atom is -0.396 e. The molecule has 0 aliphatic carbocycles. The molecule has 0 radical (unpaired) electrons. The van der Waals surface area contributed by atoms with Crippen molar-refractivity contribution >= 4 is 21.6 Å². The summed E-state index contributed by atoms with van der Waals surface area (Å²) in [4.78, 5) is 2.41. The average Bonchev–Trinajstić information content (AvgIpc) is 2.45. The van der Waals surface area contributed by atoms with E-state index in [1.807, 2.05) is 0 Å². The van der Waals surface area contributed by atoms with Gasteiger partial charge in [-0.05, 0) is 52.4 Å². The summed E-state index contributed by atoms with van der Waals surface area (Å²) in [5, 5.41) is 12.6. The topological polar surface area (TPSA) is 35.5 Å². The molecule has 0 unspecified atom stereocenters. The van der Waals surface area contributed by atoms with Crippen LogP contribution in [-0.4, -0.2) is 30.8 Å². The lowest BCUT2D eigenvalue weighted by atomic mass is 9.97. The van der Waals surface area contributed by atoms with Crippen LogP contribution in [0, 0.1) is 5.92 Å². The second kappa shape index (κ2) is 7.43. The molecule has 0 aromatic heterocycles. The molecule has 1 aromatic rings. The van der Waals surface area contributed by atoms with Crippen LogP contribution in [0.2, 0.25) is 0 Å². The molecule has 3 nitrogen and oxygen atoms in total. The summed E-state index contributed by atoms with van der Waals surface area (Å²) in [5.41, 5.74) is 2.58. The first-order valence-corrected chi connectivity index (χ1v) is 8.27. The molecule has 1 fully saturated rings. The predicted molar refractivity (Wildman–Crippen MR) is 88.1 cm³/mol. The zero-order valence-corrected chi connectivity index (χ0v) is 14.0. The summed E-state index contributed by atoms with van der Waals surface area (Å²) in [6.45, 7) is 7.63. The monoisotopic (exact) mass is 340 g/mol. The van der Waals surface area contributed by atoms with Crippen LogP contribution in [0.3, 0.4) is 0 Å². The van der Waals surface area contributed by atoms with Gasteiger partial charge < -0.3 is 15.3 Å². The number of piperidine rings is 1. The first-order valence-electron chi connectivity index (χ1n) is 7.47. The summed E-state index contributed by atoms with van der Waals surface area (Å²) in [7, 11) is 0. The molecule has 1 aliphatic heterocycles. The van der Waals surface area contributed by atoms with E-state index in [1.54, 1.807) is 0 Å². The van der Waals surface area contributed by atoms with E-state index < -0.39 is 0 Å². The van der Waals surface area contributed by atoms with Crippen molar-refractivity contribution in [3.05, 3.63) is 28.2 Å². The van der Waals surface area contributed by atoms with Gasteiger partial charge in [0.2, 0.25) is 0 Å². The van der Waals surface area contributed by atoms with Crippen LogP contribution in [0.1, 0.15) is 32.3 Å². The van der Waals surface area contributed by atoms with Crippen LogP contribution in [0.15, 0.2) is 22.7 Å². The van der Waals surface area contributed by atoms with Gasteiger partial charge in [-0.1, -0.05) is 19.9 Å². The van der Waals surface area contributed by atoms with Gasteiger partial charge in [0.25, 0.3) is 0 Å². The van der Waals surface area contributed by atoms with Gasteiger partial charge in [-0.15, -0.1) is 0 Å². The van der Waals surface area contributed by atoms with Gasteiger partial charge in [0.15, 0.2) is 0 Å². The van der Waals surface area contributed by atoms with Gasteiger partial charge in [0, 0.05) is 36.8 Å². The van der Waals surface area contributed by atoms with E-state index in [0.29, 0.717) is 18.6 Å². The number of hydrogen-bond acceptors (Lipinski definition) is 3. The Labute approximate surface area is 130 Å². The van der Waals surface area contributed by atoms with Gasteiger partial charge in [0.1, 0.15) is 0 Å². The first kappa shape index (κ1) is 15.8. The number of halogens is 1. The maximum absolute atomic E-state index is 9.21. The molecular formula is C16H25BrN2O. The SMILES string of the molecule is CC(C)NCc1ccc(N2CCC(CO)CC2)c(Br)c1. The van der Waals surface area contributed by atoms with E-state index in [1.165, 1.54) is 15.7 Å². The Bertz CT molecular complexity index is 428. The third-order valence-electron chi connectivity index (χ3n) is 3.94. The molecular weight excluding hydrogens is 316 g/mol. The highest BCUT2D eigenvalue weighted by molar-refractivity contribution is 9.10. The molecule has 0 atom stereocenters. The molecule has 2 N–H and O–H groups in total. The van der Waals surface area contributed by atoms with Crippen molar-refractivity contribution in [2.75, 3.05) is 24.6 Å². The second-order valence-corrected chi connectivity index (χ2v) is 6.79. The third kappa shape index (κ3) is 4.21. The lowest BCUT2D eigenvalue weighted by Gasteiger charge is -2.33. The van der Waals surface area contributed by atoms with E-state index in [9.17, 15) is 5.11 Å². The van der Waals surface area contributed by atoms with E-state index in [-0.39, 0.29) is 0 Å². The molecule has 20 heavy (non-hydrogen) atoms. The molecule has 2 rings (SSSR count). The van der Waals surface area contributed by atoms with Crippen LogP contribution >= 0.6 is 15.9 Å². The summed E-state index contributed by atoms with van der Waals surface area (Å²) in [5.74, 6) is 0.486. The zero-order chi connectivity index (χ0) is 14.5. The van der Waals surface area contributed by atoms with E-state index in [2.05, 4.69) is 58.2 Å². The van der Waals surface area contributed by atoms with Gasteiger partial charge in [-0.3, -0.25) is 0 Å². The fourth-order valence-electron chi connectivity index (χ4n) is 2.60. The van der Waals surface area contributed by atoms with E-state index in [0.717, 1.165) is 32.5 Å². The quantitative estimate of drug-likeness (QED) is 0.864. The highest BCUT2D eigenvalue weighted by Gasteiger charge is 2.20. The normalized spacial score (nSPS) is 16.9. The minimum absolute atomic E-state index is 0.328. The van der Waals surface area contributed by atoms with Crippen molar-refractivity contribution in [3.63, 3.8) is 0 Å². The van der Waals surface area contributed by atoms with Gasteiger partial charge in [0.05, 0.1) is 5.69 Å². The molecule has 0 saturated carbocycles. The van der Waals surface area contributed by atoms with Crippen molar-refractivity contribution in [2.24, 2.45) is 5.92 Å². The van der Waals surface area contributed by atoms with Gasteiger partial charge in [-0.25, -0.2) is 0 Å². The summed E-state index contributed by atoms with van der Waals surface area (Å²) >= 11 is 3.70. The number of benzene rings is 1. The van der Waals surface area contributed by atoms with Crippen molar-refractivity contribution in [2.45, 2.75) is 39.3 Å². The largest absolute Gasteiger partial charge is 0.396 e. The number of rotatable bonds is 5.